The second kappa shape index (κ2) is 5.17. The summed E-state index contributed by atoms with van der Waals surface area (Å²) < 4.78 is 5.54. The van der Waals surface area contributed by atoms with Crippen LogP contribution < -0.4 is 4.74 Å². The molecule has 0 unspecified atom stereocenters. The van der Waals surface area contributed by atoms with Crippen molar-refractivity contribution in [3.8, 4) is 5.75 Å². The van der Waals surface area contributed by atoms with E-state index in [0.717, 1.165) is 25.3 Å². The third kappa shape index (κ3) is 2.96. The Kier molecular flexibility index (Phi) is 3.62. The average molecular weight is 205 g/mol. The Balaban J connectivity index is 1.85. The first-order valence-electron chi connectivity index (χ1n) is 5.82. The topological polar surface area (TPSA) is 12.5 Å². The van der Waals surface area contributed by atoms with Crippen LogP contribution in [-0.2, 0) is 6.54 Å². The fourth-order valence-corrected chi connectivity index (χ4v) is 1.71. The molecule has 1 fully saturated rings. The fraction of sp³-hybridized carbons (Fsp3) is 0.538. The number of benzene rings is 1. The zero-order valence-corrected chi connectivity index (χ0v) is 9.41. The standard InChI is InChI=1S/C13H19NO/c1-2-10-15-13-6-4-12(5-7-13)11-14-8-3-9-14/h4-7H,2-3,8-11H2,1H3. The summed E-state index contributed by atoms with van der Waals surface area (Å²) >= 11 is 0. The first kappa shape index (κ1) is 10.5. The van der Waals surface area contributed by atoms with E-state index in [2.05, 4.69) is 36.1 Å². The summed E-state index contributed by atoms with van der Waals surface area (Å²) in [4.78, 5) is 2.46. The molecule has 1 aliphatic heterocycles. The fourth-order valence-electron chi connectivity index (χ4n) is 1.71. The molecule has 0 N–H and O–H groups in total. The van der Waals surface area contributed by atoms with E-state index in [-0.39, 0.29) is 0 Å². The van der Waals surface area contributed by atoms with E-state index in [9.17, 15) is 0 Å². The summed E-state index contributed by atoms with van der Waals surface area (Å²) in [5.41, 5.74) is 1.39. The van der Waals surface area contributed by atoms with Gasteiger partial charge in [-0.1, -0.05) is 19.1 Å². The van der Waals surface area contributed by atoms with E-state index in [1.807, 2.05) is 0 Å². The first-order chi connectivity index (χ1) is 7.38. The van der Waals surface area contributed by atoms with Crippen molar-refractivity contribution in [2.45, 2.75) is 26.3 Å². The summed E-state index contributed by atoms with van der Waals surface area (Å²) in [7, 11) is 0. The van der Waals surface area contributed by atoms with Crippen LogP contribution in [-0.4, -0.2) is 24.6 Å². The summed E-state index contributed by atoms with van der Waals surface area (Å²) in [6.45, 7) is 6.54. The average Bonchev–Trinajstić information content (AvgIpc) is 2.22. The zero-order chi connectivity index (χ0) is 10.5. The minimum absolute atomic E-state index is 0.811. The van der Waals surface area contributed by atoms with Crippen molar-refractivity contribution in [2.24, 2.45) is 0 Å². The van der Waals surface area contributed by atoms with Crippen molar-refractivity contribution in [1.82, 2.24) is 4.90 Å². The molecule has 1 aromatic rings. The Morgan fingerprint density at radius 2 is 1.93 bits per heavy atom. The summed E-state index contributed by atoms with van der Waals surface area (Å²) in [6.07, 6.45) is 2.42. The largest absolute Gasteiger partial charge is 0.494 e. The number of ether oxygens (including phenoxy) is 1. The lowest BCUT2D eigenvalue weighted by Crippen LogP contribution is -2.36. The Morgan fingerprint density at radius 1 is 1.20 bits per heavy atom. The van der Waals surface area contributed by atoms with Crippen molar-refractivity contribution in [3.63, 3.8) is 0 Å². The van der Waals surface area contributed by atoms with Crippen LogP contribution in [0.3, 0.4) is 0 Å². The summed E-state index contributed by atoms with van der Waals surface area (Å²) in [5.74, 6) is 0.990. The molecule has 2 rings (SSSR count). The van der Waals surface area contributed by atoms with Crippen LogP contribution in [0.25, 0.3) is 0 Å². The Bertz CT molecular complexity index is 290. The van der Waals surface area contributed by atoms with Crippen molar-refractivity contribution < 1.29 is 4.74 Å². The minimum atomic E-state index is 0.811. The molecular weight excluding hydrogens is 186 g/mol. The minimum Gasteiger partial charge on any atom is -0.494 e. The molecule has 2 heteroatoms. The molecule has 0 saturated carbocycles. The predicted molar refractivity (Wildman–Crippen MR) is 62.1 cm³/mol. The molecule has 1 aromatic carbocycles. The van der Waals surface area contributed by atoms with E-state index in [0.29, 0.717) is 0 Å². The van der Waals surface area contributed by atoms with Gasteiger partial charge in [-0.2, -0.15) is 0 Å². The second-order valence-corrected chi connectivity index (χ2v) is 4.12. The van der Waals surface area contributed by atoms with E-state index in [4.69, 9.17) is 4.74 Å². The van der Waals surface area contributed by atoms with Gasteiger partial charge in [0.2, 0.25) is 0 Å². The van der Waals surface area contributed by atoms with E-state index in [1.54, 1.807) is 0 Å². The van der Waals surface area contributed by atoms with Gasteiger partial charge >= 0.3 is 0 Å². The summed E-state index contributed by atoms with van der Waals surface area (Å²) in [6, 6.07) is 8.49. The van der Waals surface area contributed by atoms with Gasteiger partial charge in [-0.3, -0.25) is 4.90 Å². The van der Waals surface area contributed by atoms with Crippen LogP contribution >= 0.6 is 0 Å². The molecule has 0 atom stereocenters. The van der Waals surface area contributed by atoms with Crippen LogP contribution in [0.2, 0.25) is 0 Å². The molecule has 82 valence electrons. The molecule has 0 amide bonds. The van der Waals surface area contributed by atoms with E-state index in [1.165, 1.54) is 25.1 Å². The monoisotopic (exact) mass is 205 g/mol. The van der Waals surface area contributed by atoms with Gasteiger partial charge < -0.3 is 4.74 Å². The van der Waals surface area contributed by atoms with Crippen molar-refractivity contribution in [3.05, 3.63) is 29.8 Å². The molecule has 0 aromatic heterocycles. The van der Waals surface area contributed by atoms with Crippen LogP contribution in [0.1, 0.15) is 25.3 Å². The van der Waals surface area contributed by atoms with Gasteiger partial charge in [0.1, 0.15) is 5.75 Å². The quantitative estimate of drug-likeness (QED) is 0.732. The zero-order valence-electron chi connectivity index (χ0n) is 9.41. The lowest BCUT2D eigenvalue weighted by Gasteiger charge is -2.30. The Morgan fingerprint density at radius 3 is 2.47 bits per heavy atom. The van der Waals surface area contributed by atoms with Gasteiger partial charge in [0.05, 0.1) is 6.61 Å². The van der Waals surface area contributed by atoms with Crippen LogP contribution in [0.4, 0.5) is 0 Å². The third-order valence-electron chi connectivity index (χ3n) is 2.75. The van der Waals surface area contributed by atoms with Gasteiger partial charge in [-0.25, -0.2) is 0 Å². The predicted octanol–water partition coefficient (Wildman–Crippen LogP) is 2.68. The third-order valence-corrected chi connectivity index (χ3v) is 2.75. The van der Waals surface area contributed by atoms with Crippen molar-refractivity contribution >= 4 is 0 Å². The Labute approximate surface area is 91.9 Å². The van der Waals surface area contributed by atoms with Gasteiger partial charge in [0.25, 0.3) is 0 Å². The van der Waals surface area contributed by atoms with Gasteiger partial charge in [-0.15, -0.1) is 0 Å². The molecule has 0 bridgehead atoms. The lowest BCUT2D eigenvalue weighted by atomic mass is 10.1. The maximum absolute atomic E-state index is 5.54. The van der Waals surface area contributed by atoms with E-state index >= 15 is 0 Å². The second-order valence-electron chi connectivity index (χ2n) is 4.12. The highest BCUT2D eigenvalue weighted by molar-refractivity contribution is 5.27. The number of hydrogen-bond donors (Lipinski definition) is 0. The van der Waals surface area contributed by atoms with Gasteiger partial charge in [0, 0.05) is 6.54 Å². The Hall–Kier alpha value is -1.02. The molecule has 15 heavy (non-hydrogen) atoms. The van der Waals surface area contributed by atoms with Crippen molar-refractivity contribution in [2.75, 3.05) is 19.7 Å². The smallest absolute Gasteiger partial charge is 0.119 e. The molecule has 0 radical (unpaired) electrons. The highest BCUT2D eigenvalue weighted by atomic mass is 16.5. The van der Waals surface area contributed by atoms with Crippen LogP contribution in [0.5, 0.6) is 5.75 Å². The van der Waals surface area contributed by atoms with Gasteiger partial charge in [0.15, 0.2) is 0 Å². The number of nitrogens with zero attached hydrogens (tertiary/aromatic N) is 1. The molecule has 1 aliphatic rings. The normalized spacial score (nSPS) is 16.1. The summed E-state index contributed by atoms with van der Waals surface area (Å²) in [5, 5.41) is 0. The van der Waals surface area contributed by atoms with E-state index < -0.39 is 0 Å². The first-order valence-corrected chi connectivity index (χ1v) is 5.82. The van der Waals surface area contributed by atoms with Crippen molar-refractivity contribution in [1.29, 1.82) is 0 Å². The highest BCUT2D eigenvalue weighted by Gasteiger charge is 2.13. The number of rotatable bonds is 5. The van der Waals surface area contributed by atoms with Gasteiger partial charge in [-0.05, 0) is 43.6 Å². The molecule has 0 spiro atoms. The van der Waals surface area contributed by atoms with Crippen LogP contribution in [0, 0.1) is 0 Å². The molecule has 0 aliphatic carbocycles. The molecule has 1 saturated heterocycles. The molecular formula is C13H19NO. The SMILES string of the molecule is CCCOc1ccc(CN2CCC2)cc1. The van der Waals surface area contributed by atoms with Crippen LogP contribution in [0.15, 0.2) is 24.3 Å². The number of likely N-dealkylation sites (tertiary alicyclic amines) is 1. The molecule has 2 nitrogen and oxygen atoms in total. The number of hydrogen-bond acceptors (Lipinski definition) is 2. The maximum atomic E-state index is 5.54. The lowest BCUT2D eigenvalue weighted by molar-refractivity contribution is 0.172. The molecule has 1 heterocycles. The highest BCUT2D eigenvalue weighted by Crippen LogP contribution is 2.16. The maximum Gasteiger partial charge on any atom is 0.119 e.